The molecule has 0 fully saturated rings. The zero-order valence-electron chi connectivity index (χ0n) is 18.3. The van der Waals surface area contributed by atoms with Gasteiger partial charge in [0.25, 0.3) is 0 Å². The van der Waals surface area contributed by atoms with Crippen molar-refractivity contribution in [3.05, 3.63) is 78.6 Å². The van der Waals surface area contributed by atoms with Gasteiger partial charge in [0.2, 0.25) is 0 Å². The minimum atomic E-state index is -0.0504. The number of aromatic nitrogens is 6. The van der Waals surface area contributed by atoms with Crippen molar-refractivity contribution in [1.82, 2.24) is 29.1 Å². The molecule has 0 saturated carbocycles. The predicted octanol–water partition coefficient (Wildman–Crippen LogP) is 3.30. The number of methoxy groups -OCH3 is 1. The summed E-state index contributed by atoms with van der Waals surface area (Å²) in [5, 5.41) is 17.2. The minimum absolute atomic E-state index is 0.0504. The first-order valence-electron chi connectivity index (χ1n) is 10.4. The number of rotatable bonds is 7. The van der Waals surface area contributed by atoms with Gasteiger partial charge >= 0.3 is 0 Å². The number of pyridine rings is 1. The molecule has 2 N–H and O–H groups in total. The molecule has 4 aromatic heterocycles. The Hall–Kier alpha value is -4.24. The number of nitrogens with one attached hydrogen (secondary N) is 1. The van der Waals surface area contributed by atoms with Gasteiger partial charge in [0.1, 0.15) is 23.5 Å². The zero-order chi connectivity index (χ0) is 22.8. The highest BCUT2D eigenvalue weighted by Crippen LogP contribution is 2.25. The van der Waals surface area contributed by atoms with Crippen LogP contribution in [0.4, 0.5) is 5.82 Å². The summed E-state index contributed by atoms with van der Waals surface area (Å²) >= 11 is 0. The van der Waals surface area contributed by atoms with Crippen LogP contribution in [0.3, 0.4) is 0 Å². The third-order valence-electron chi connectivity index (χ3n) is 5.60. The summed E-state index contributed by atoms with van der Waals surface area (Å²) in [5.41, 5.74) is 6.29. The van der Waals surface area contributed by atoms with Crippen LogP contribution in [-0.2, 0) is 20.2 Å². The molecule has 0 aliphatic heterocycles. The average molecular weight is 441 g/mol. The fraction of sp³-hybridized carbons (Fsp3) is 0.167. The monoisotopic (exact) mass is 441 g/mol. The van der Waals surface area contributed by atoms with Crippen LogP contribution in [0.5, 0.6) is 5.75 Å². The number of aliphatic hydroxyl groups is 1. The maximum Gasteiger partial charge on any atom is 0.140 e. The number of anilines is 1. The van der Waals surface area contributed by atoms with Crippen molar-refractivity contribution in [2.75, 3.05) is 12.4 Å². The maximum atomic E-state index is 9.59. The summed E-state index contributed by atoms with van der Waals surface area (Å²) in [7, 11) is 3.46. The van der Waals surface area contributed by atoms with Gasteiger partial charge in [-0.05, 0) is 17.2 Å². The molecule has 0 unspecified atom stereocenters. The lowest BCUT2D eigenvalue weighted by molar-refractivity contribution is 0.271. The Morgan fingerprint density at radius 3 is 2.67 bits per heavy atom. The van der Waals surface area contributed by atoms with E-state index in [-0.39, 0.29) is 6.61 Å². The number of fused-ring (bicyclic) bond motifs is 1. The number of aliphatic hydroxyl groups excluding tert-OH is 1. The summed E-state index contributed by atoms with van der Waals surface area (Å²) in [4.78, 5) is 13.2. The van der Waals surface area contributed by atoms with Crippen molar-refractivity contribution in [2.45, 2.75) is 13.2 Å². The van der Waals surface area contributed by atoms with Gasteiger partial charge < -0.3 is 15.2 Å². The van der Waals surface area contributed by atoms with Crippen LogP contribution in [-0.4, -0.2) is 41.3 Å². The van der Waals surface area contributed by atoms with Gasteiger partial charge in [-0.15, -0.1) is 0 Å². The molecule has 5 rings (SSSR count). The van der Waals surface area contributed by atoms with E-state index in [1.807, 2.05) is 48.0 Å². The molecule has 0 aliphatic carbocycles. The molecular formula is C24H23N7O2. The Morgan fingerprint density at radius 2 is 1.88 bits per heavy atom. The Labute approximate surface area is 190 Å². The molecular weight excluding hydrogens is 418 g/mol. The first-order valence-corrected chi connectivity index (χ1v) is 10.4. The molecule has 33 heavy (non-hydrogen) atoms. The fourth-order valence-electron chi connectivity index (χ4n) is 3.76. The molecule has 0 spiro atoms. The molecule has 9 heteroatoms. The van der Waals surface area contributed by atoms with Crippen molar-refractivity contribution in [1.29, 1.82) is 0 Å². The van der Waals surface area contributed by atoms with Crippen LogP contribution in [0, 0.1) is 0 Å². The van der Waals surface area contributed by atoms with Crippen molar-refractivity contribution in [3.8, 4) is 28.3 Å². The highest BCUT2D eigenvalue weighted by molar-refractivity contribution is 5.66. The van der Waals surface area contributed by atoms with E-state index >= 15 is 0 Å². The summed E-state index contributed by atoms with van der Waals surface area (Å²) in [6, 6.07) is 13.8. The number of imidazole rings is 1. The van der Waals surface area contributed by atoms with Crippen molar-refractivity contribution in [2.24, 2.45) is 7.05 Å². The van der Waals surface area contributed by atoms with Crippen LogP contribution in [0.25, 0.3) is 28.2 Å². The van der Waals surface area contributed by atoms with Crippen molar-refractivity contribution < 1.29 is 9.84 Å². The molecule has 0 bridgehead atoms. The van der Waals surface area contributed by atoms with E-state index in [1.165, 1.54) is 0 Å². The molecule has 0 saturated heterocycles. The van der Waals surface area contributed by atoms with Crippen molar-refractivity contribution in [3.63, 3.8) is 0 Å². The molecule has 1 aromatic carbocycles. The van der Waals surface area contributed by atoms with Crippen LogP contribution in [0.2, 0.25) is 0 Å². The first kappa shape index (κ1) is 20.7. The standard InChI is InChI=1S/C24H23N7O2/c1-30-22(14-32)19(12-29-30)17-5-3-16(4-6-17)11-25-23-10-20(27-15-28-23)21-13-26-24-9-18(33-2)7-8-31(21)24/h3-10,12-13,15,32H,11,14H2,1-2H3,(H,25,27,28). The summed E-state index contributed by atoms with van der Waals surface area (Å²) < 4.78 is 8.93. The molecule has 5 aromatic rings. The Morgan fingerprint density at radius 1 is 1.03 bits per heavy atom. The first-order chi connectivity index (χ1) is 16.2. The van der Waals surface area contributed by atoms with E-state index < -0.39 is 0 Å². The van der Waals surface area contributed by atoms with E-state index in [9.17, 15) is 5.11 Å². The van der Waals surface area contributed by atoms with E-state index in [0.717, 1.165) is 51.0 Å². The highest BCUT2D eigenvalue weighted by atomic mass is 16.5. The average Bonchev–Trinajstić information content (AvgIpc) is 3.45. The quantitative estimate of drug-likeness (QED) is 0.399. The van der Waals surface area contributed by atoms with E-state index in [4.69, 9.17) is 4.74 Å². The fourth-order valence-corrected chi connectivity index (χ4v) is 3.76. The molecule has 9 nitrogen and oxygen atoms in total. The van der Waals surface area contributed by atoms with Crippen LogP contribution in [0.1, 0.15) is 11.3 Å². The lowest BCUT2D eigenvalue weighted by Gasteiger charge is -2.09. The van der Waals surface area contributed by atoms with Crippen molar-refractivity contribution >= 4 is 11.5 Å². The number of nitrogens with zero attached hydrogens (tertiary/aromatic N) is 6. The smallest absolute Gasteiger partial charge is 0.140 e. The third kappa shape index (κ3) is 4.01. The topological polar surface area (TPSA) is 102 Å². The predicted molar refractivity (Wildman–Crippen MR) is 125 cm³/mol. The number of hydrogen-bond acceptors (Lipinski definition) is 7. The lowest BCUT2D eigenvalue weighted by Crippen LogP contribution is -2.02. The number of ether oxygens (including phenoxy) is 1. The molecule has 0 atom stereocenters. The molecule has 0 radical (unpaired) electrons. The zero-order valence-corrected chi connectivity index (χ0v) is 18.3. The van der Waals surface area contributed by atoms with Crippen LogP contribution >= 0.6 is 0 Å². The Balaban J connectivity index is 1.32. The second-order valence-electron chi connectivity index (χ2n) is 7.56. The summed E-state index contributed by atoms with van der Waals surface area (Å²) in [6.45, 7) is 0.562. The van der Waals surface area contributed by atoms with Gasteiger partial charge in [0, 0.05) is 37.5 Å². The Bertz CT molecular complexity index is 1410. The lowest BCUT2D eigenvalue weighted by atomic mass is 10.0. The Kier molecular flexibility index (Phi) is 5.45. The van der Waals surface area contributed by atoms with Gasteiger partial charge in [-0.2, -0.15) is 5.10 Å². The largest absolute Gasteiger partial charge is 0.497 e. The maximum absolute atomic E-state index is 9.59. The number of benzene rings is 1. The van der Waals surface area contributed by atoms with Gasteiger partial charge in [-0.1, -0.05) is 24.3 Å². The van der Waals surface area contributed by atoms with Crippen LogP contribution < -0.4 is 10.1 Å². The molecule has 0 amide bonds. The van der Waals surface area contributed by atoms with Gasteiger partial charge in [-0.3, -0.25) is 9.08 Å². The van der Waals surface area contributed by atoms with E-state index in [0.29, 0.717) is 6.54 Å². The van der Waals surface area contributed by atoms with E-state index in [2.05, 4.69) is 37.5 Å². The van der Waals surface area contributed by atoms with Gasteiger partial charge in [0.15, 0.2) is 0 Å². The number of hydrogen-bond donors (Lipinski definition) is 2. The number of aryl methyl sites for hydroxylation is 1. The molecule has 0 aliphatic rings. The molecule has 166 valence electrons. The second-order valence-corrected chi connectivity index (χ2v) is 7.56. The van der Waals surface area contributed by atoms with Gasteiger partial charge in [0.05, 0.1) is 43.2 Å². The van der Waals surface area contributed by atoms with Crippen LogP contribution in [0.15, 0.2) is 67.4 Å². The summed E-state index contributed by atoms with van der Waals surface area (Å²) in [5.74, 6) is 1.48. The van der Waals surface area contributed by atoms with E-state index in [1.54, 1.807) is 30.5 Å². The normalized spacial score (nSPS) is 11.1. The minimum Gasteiger partial charge on any atom is -0.497 e. The second kappa shape index (κ2) is 8.71. The summed E-state index contributed by atoms with van der Waals surface area (Å²) in [6.07, 6.45) is 7.02. The SMILES string of the molecule is COc1ccn2c(-c3cc(NCc4ccc(-c5cnn(C)c5CO)cc4)ncn3)cnc2c1. The third-order valence-corrected chi connectivity index (χ3v) is 5.60. The molecule has 4 heterocycles. The highest BCUT2D eigenvalue weighted by Gasteiger charge is 2.11. The van der Waals surface area contributed by atoms with Gasteiger partial charge in [-0.25, -0.2) is 15.0 Å².